The maximum atomic E-state index is 10.7. The summed E-state index contributed by atoms with van der Waals surface area (Å²) < 4.78 is 0. The summed E-state index contributed by atoms with van der Waals surface area (Å²) in [5.41, 5.74) is 15.7. The topological polar surface area (TPSA) is 107 Å². The third-order valence-electron chi connectivity index (χ3n) is 1.49. The summed E-state index contributed by atoms with van der Waals surface area (Å²) in [4.78, 5) is 14.4. The lowest BCUT2D eigenvalue weighted by atomic mass is 10.1. The third-order valence-corrected chi connectivity index (χ3v) is 1.49. The molecular weight excluding hydrogens is 216 g/mol. The van der Waals surface area contributed by atoms with Gasteiger partial charge in [0.05, 0.1) is 6.04 Å². The standard InChI is InChI=1S/C7H16N4O.C3H8.C2H6/c1-5(12)6(8)3-2-4-11-7(9)10;1-3-2;1-2/h6H,2-4,8H2,1H3,(H4,9,10,11);3H2,1-2H3;1-2H3. The maximum absolute atomic E-state index is 10.7. The molecule has 0 aliphatic rings. The van der Waals surface area contributed by atoms with Gasteiger partial charge < -0.3 is 17.2 Å². The van der Waals surface area contributed by atoms with Gasteiger partial charge >= 0.3 is 0 Å². The van der Waals surface area contributed by atoms with Crippen LogP contribution in [0.3, 0.4) is 0 Å². The molecule has 5 heteroatoms. The number of nitrogens with zero attached hydrogens (tertiary/aromatic N) is 1. The predicted molar refractivity (Wildman–Crippen MR) is 75.9 cm³/mol. The molecule has 1 unspecified atom stereocenters. The number of carbonyl (C=O) groups excluding carboxylic acids is 1. The molecular formula is C12H30N4O. The summed E-state index contributed by atoms with van der Waals surface area (Å²) in [5.74, 6) is 0.0751. The molecule has 0 aromatic carbocycles. The van der Waals surface area contributed by atoms with Gasteiger partial charge in [-0.2, -0.15) is 0 Å². The minimum absolute atomic E-state index is 0.000278. The Bertz CT molecular complexity index is 189. The van der Waals surface area contributed by atoms with Gasteiger partial charge in [-0.1, -0.05) is 34.1 Å². The van der Waals surface area contributed by atoms with E-state index in [-0.39, 0.29) is 17.8 Å². The van der Waals surface area contributed by atoms with Crippen molar-refractivity contribution in [2.45, 2.75) is 59.9 Å². The molecule has 0 aliphatic carbocycles. The predicted octanol–water partition coefficient (Wildman–Crippen LogP) is 1.40. The smallest absolute Gasteiger partial charge is 0.185 e. The Morgan fingerprint density at radius 1 is 1.24 bits per heavy atom. The minimum atomic E-state index is -0.376. The maximum Gasteiger partial charge on any atom is 0.185 e. The van der Waals surface area contributed by atoms with Gasteiger partial charge in [0.1, 0.15) is 5.78 Å². The van der Waals surface area contributed by atoms with Gasteiger partial charge in [-0.05, 0) is 19.8 Å². The third kappa shape index (κ3) is 25.3. The number of rotatable bonds is 5. The van der Waals surface area contributed by atoms with Crippen molar-refractivity contribution in [1.82, 2.24) is 0 Å². The fourth-order valence-corrected chi connectivity index (χ4v) is 0.723. The van der Waals surface area contributed by atoms with Crippen LogP contribution in [0.25, 0.3) is 0 Å². The molecule has 0 fully saturated rings. The first-order valence-corrected chi connectivity index (χ1v) is 6.27. The zero-order valence-electron chi connectivity index (χ0n) is 12.0. The number of guanidine groups is 1. The van der Waals surface area contributed by atoms with E-state index in [4.69, 9.17) is 17.2 Å². The van der Waals surface area contributed by atoms with Gasteiger partial charge in [0.25, 0.3) is 0 Å². The van der Waals surface area contributed by atoms with Crippen molar-refractivity contribution in [3.8, 4) is 0 Å². The van der Waals surface area contributed by atoms with Crippen LogP contribution in [0.2, 0.25) is 0 Å². The van der Waals surface area contributed by atoms with Gasteiger partial charge in [-0.15, -0.1) is 0 Å². The van der Waals surface area contributed by atoms with E-state index in [0.29, 0.717) is 13.0 Å². The van der Waals surface area contributed by atoms with Crippen molar-refractivity contribution in [1.29, 1.82) is 0 Å². The van der Waals surface area contributed by atoms with E-state index < -0.39 is 0 Å². The van der Waals surface area contributed by atoms with Crippen molar-refractivity contribution in [3.05, 3.63) is 0 Å². The lowest BCUT2D eigenvalue weighted by Gasteiger charge is -2.04. The van der Waals surface area contributed by atoms with Crippen molar-refractivity contribution < 1.29 is 4.79 Å². The molecule has 0 bridgehead atoms. The second-order valence-electron chi connectivity index (χ2n) is 3.37. The van der Waals surface area contributed by atoms with E-state index in [9.17, 15) is 4.79 Å². The van der Waals surface area contributed by atoms with Crippen LogP contribution in [0.1, 0.15) is 53.9 Å². The molecule has 0 heterocycles. The highest BCUT2D eigenvalue weighted by molar-refractivity contribution is 5.81. The van der Waals surface area contributed by atoms with Crippen LogP contribution in [0, 0.1) is 0 Å². The molecule has 0 aromatic heterocycles. The summed E-state index contributed by atoms with van der Waals surface area (Å²) in [6.07, 6.45) is 2.62. The van der Waals surface area contributed by atoms with Crippen LogP contribution < -0.4 is 17.2 Å². The Morgan fingerprint density at radius 2 is 1.65 bits per heavy atom. The monoisotopic (exact) mass is 246 g/mol. The lowest BCUT2D eigenvalue weighted by molar-refractivity contribution is -0.118. The fourth-order valence-electron chi connectivity index (χ4n) is 0.723. The quantitative estimate of drug-likeness (QED) is 0.387. The first-order valence-electron chi connectivity index (χ1n) is 6.27. The van der Waals surface area contributed by atoms with Gasteiger partial charge in [-0.25, -0.2) is 0 Å². The largest absolute Gasteiger partial charge is 0.370 e. The number of hydrogen-bond donors (Lipinski definition) is 3. The van der Waals surface area contributed by atoms with Crippen LogP contribution in [0.5, 0.6) is 0 Å². The number of hydrogen-bond acceptors (Lipinski definition) is 3. The summed E-state index contributed by atoms with van der Waals surface area (Å²) in [6.45, 7) is 10.3. The second-order valence-corrected chi connectivity index (χ2v) is 3.37. The summed E-state index contributed by atoms with van der Waals surface area (Å²) in [7, 11) is 0. The molecule has 104 valence electrons. The Hall–Kier alpha value is -1.10. The molecule has 0 amide bonds. The van der Waals surface area contributed by atoms with Gasteiger partial charge in [-0.3, -0.25) is 9.79 Å². The molecule has 5 nitrogen and oxygen atoms in total. The molecule has 1 atom stereocenters. The summed E-state index contributed by atoms with van der Waals surface area (Å²) in [6, 6.07) is -0.376. The Labute approximate surface area is 106 Å². The van der Waals surface area contributed by atoms with Crippen molar-refractivity contribution in [3.63, 3.8) is 0 Å². The molecule has 0 saturated carbocycles. The molecule has 0 aromatic rings. The highest BCUT2D eigenvalue weighted by Gasteiger charge is 2.05. The number of carbonyl (C=O) groups is 1. The first kappa shape index (κ1) is 21.2. The highest BCUT2D eigenvalue weighted by Crippen LogP contribution is 1.95. The van der Waals surface area contributed by atoms with Crippen LogP contribution >= 0.6 is 0 Å². The average Bonchev–Trinajstić information content (AvgIpc) is 2.27. The Balaban J connectivity index is -0.000000337. The Kier molecular flexibility index (Phi) is 21.6. The number of ketones is 1. The van der Waals surface area contributed by atoms with Crippen molar-refractivity contribution in [2.75, 3.05) is 6.54 Å². The number of nitrogens with two attached hydrogens (primary N) is 3. The van der Waals surface area contributed by atoms with Crippen LogP contribution in [0.15, 0.2) is 4.99 Å². The number of aliphatic imine (C=N–C) groups is 1. The summed E-state index contributed by atoms with van der Waals surface area (Å²) in [5, 5.41) is 0. The van der Waals surface area contributed by atoms with Gasteiger partial charge in [0.2, 0.25) is 0 Å². The van der Waals surface area contributed by atoms with Crippen LogP contribution in [-0.4, -0.2) is 24.3 Å². The van der Waals surface area contributed by atoms with Crippen LogP contribution in [0.4, 0.5) is 0 Å². The van der Waals surface area contributed by atoms with Crippen LogP contribution in [-0.2, 0) is 4.79 Å². The van der Waals surface area contributed by atoms with Crippen molar-refractivity contribution in [2.24, 2.45) is 22.2 Å². The zero-order valence-corrected chi connectivity index (χ0v) is 12.0. The van der Waals surface area contributed by atoms with E-state index in [0.717, 1.165) is 6.42 Å². The van der Waals surface area contributed by atoms with Gasteiger partial charge in [0.15, 0.2) is 5.96 Å². The van der Waals surface area contributed by atoms with E-state index in [1.807, 2.05) is 13.8 Å². The Morgan fingerprint density at radius 3 is 1.94 bits per heavy atom. The molecule has 0 rings (SSSR count). The second kappa shape index (κ2) is 17.3. The van der Waals surface area contributed by atoms with Crippen molar-refractivity contribution >= 4 is 11.7 Å². The molecule has 0 saturated heterocycles. The first-order chi connectivity index (χ1) is 7.95. The normalized spacial score (nSPS) is 10.0. The molecule has 0 radical (unpaired) electrons. The van der Waals surface area contributed by atoms with E-state index in [1.165, 1.54) is 13.3 Å². The highest BCUT2D eigenvalue weighted by atomic mass is 16.1. The average molecular weight is 246 g/mol. The molecule has 0 aliphatic heterocycles. The zero-order chi connectivity index (χ0) is 14.3. The van der Waals surface area contributed by atoms with Gasteiger partial charge in [0, 0.05) is 6.54 Å². The van der Waals surface area contributed by atoms with E-state index >= 15 is 0 Å². The lowest BCUT2D eigenvalue weighted by Crippen LogP contribution is -2.28. The van der Waals surface area contributed by atoms with E-state index in [2.05, 4.69) is 18.8 Å². The summed E-state index contributed by atoms with van der Waals surface area (Å²) >= 11 is 0. The number of Topliss-reactive ketones (excluding diaryl/α,β-unsaturated/α-hetero) is 1. The SMILES string of the molecule is CC.CC(=O)C(N)CCCN=C(N)N.CCC. The molecule has 0 spiro atoms. The van der Waals surface area contributed by atoms with E-state index in [1.54, 1.807) is 0 Å². The fraction of sp³-hybridized carbons (Fsp3) is 0.833. The molecule has 6 N–H and O–H groups in total. The molecule has 17 heavy (non-hydrogen) atoms. The minimum Gasteiger partial charge on any atom is -0.370 e.